The molecule has 27 heavy (non-hydrogen) atoms. The van der Waals surface area contributed by atoms with Gasteiger partial charge in [0.2, 0.25) is 5.91 Å². The number of rotatable bonds is 3. The van der Waals surface area contributed by atoms with E-state index in [-0.39, 0.29) is 24.2 Å². The lowest BCUT2D eigenvalue weighted by Gasteiger charge is -2.46. The van der Waals surface area contributed by atoms with Gasteiger partial charge in [0, 0.05) is 25.0 Å². The van der Waals surface area contributed by atoms with Gasteiger partial charge in [-0.3, -0.25) is 9.59 Å². The number of carbonyl (C=O) groups is 2. The van der Waals surface area contributed by atoms with Crippen molar-refractivity contribution in [2.24, 2.45) is 0 Å². The molecular formula is C18H19FN4O3S. The van der Waals surface area contributed by atoms with E-state index in [2.05, 4.69) is 9.59 Å². The third kappa shape index (κ3) is 3.84. The van der Waals surface area contributed by atoms with Crippen LogP contribution in [0.2, 0.25) is 0 Å². The third-order valence-corrected chi connectivity index (χ3v) is 5.64. The molecule has 2 aromatic rings. The normalized spacial score (nSPS) is 19.5. The molecule has 142 valence electrons. The highest BCUT2D eigenvalue weighted by atomic mass is 32.1. The monoisotopic (exact) mass is 390 g/mol. The molecule has 4 rings (SSSR count). The molecule has 2 amide bonds. The first-order valence-corrected chi connectivity index (χ1v) is 9.61. The second-order valence-corrected chi connectivity index (χ2v) is 7.54. The Balaban J connectivity index is 1.40. The van der Waals surface area contributed by atoms with E-state index in [1.165, 1.54) is 12.1 Å². The van der Waals surface area contributed by atoms with Gasteiger partial charge in [-0.05, 0) is 42.1 Å². The van der Waals surface area contributed by atoms with Gasteiger partial charge in [0.15, 0.2) is 5.69 Å². The predicted octanol–water partition coefficient (Wildman–Crippen LogP) is 1.71. The third-order valence-electron chi connectivity index (χ3n) is 5.14. The summed E-state index contributed by atoms with van der Waals surface area (Å²) < 4.78 is 23.1. The topological polar surface area (TPSA) is 75.6 Å². The van der Waals surface area contributed by atoms with E-state index >= 15 is 0 Å². The average molecular weight is 390 g/mol. The van der Waals surface area contributed by atoms with Crippen molar-refractivity contribution in [3.8, 4) is 0 Å². The van der Waals surface area contributed by atoms with Crippen molar-refractivity contribution in [3.63, 3.8) is 0 Å². The van der Waals surface area contributed by atoms with Crippen LogP contribution in [0.1, 0.15) is 28.9 Å². The Morgan fingerprint density at radius 2 is 2.15 bits per heavy atom. The van der Waals surface area contributed by atoms with Gasteiger partial charge in [-0.25, -0.2) is 4.39 Å². The van der Waals surface area contributed by atoms with Gasteiger partial charge >= 0.3 is 0 Å². The summed E-state index contributed by atoms with van der Waals surface area (Å²) in [7, 11) is 0. The number of morpholine rings is 1. The van der Waals surface area contributed by atoms with Crippen molar-refractivity contribution in [3.05, 3.63) is 46.7 Å². The molecule has 2 fully saturated rings. The number of amides is 2. The van der Waals surface area contributed by atoms with Gasteiger partial charge in [0.1, 0.15) is 12.4 Å². The molecule has 0 aliphatic carbocycles. The molecule has 1 spiro atoms. The molecule has 0 N–H and O–H groups in total. The van der Waals surface area contributed by atoms with E-state index in [1.54, 1.807) is 21.2 Å². The van der Waals surface area contributed by atoms with Gasteiger partial charge in [0.05, 0.1) is 12.1 Å². The summed E-state index contributed by atoms with van der Waals surface area (Å²) in [5.41, 5.74) is 0.658. The number of piperidine rings is 1. The first-order valence-electron chi connectivity index (χ1n) is 8.77. The van der Waals surface area contributed by atoms with E-state index < -0.39 is 5.60 Å². The maximum absolute atomic E-state index is 13.4. The molecule has 1 aromatic carbocycles. The summed E-state index contributed by atoms with van der Waals surface area (Å²) in [5, 5.41) is 5.48. The first kappa shape index (κ1) is 18.0. The molecular weight excluding hydrogens is 371 g/mol. The summed E-state index contributed by atoms with van der Waals surface area (Å²) >= 11 is 1.15. The minimum Gasteiger partial charge on any atom is -0.363 e. The Morgan fingerprint density at radius 3 is 2.85 bits per heavy atom. The number of benzene rings is 1. The van der Waals surface area contributed by atoms with Crippen LogP contribution in [-0.4, -0.2) is 63.0 Å². The summed E-state index contributed by atoms with van der Waals surface area (Å²) in [6.07, 6.45) is 1.28. The highest BCUT2D eigenvalue weighted by molar-refractivity contribution is 7.03. The van der Waals surface area contributed by atoms with E-state index in [0.717, 1.165) is 17.1 Å². The number of carbonyl (C=O) groups excluding carboxylic acids is 2. The summed E-state index contributed by atoms with van der Waals surface area (Å²) in [4.78, 5) is 28.1. The summed E-state index contributed by atoms with van der Waals surface area (Å²) in [5.74, 6) is -0.537. The van der Waals surface area contributed by atoms with Crippen LogP contribution in [0.25, 0.3) is 0 Å². The van der Waals surface area contributed by atoms with Crippen molar-refractivity contribution >= 4 is 23.3 Å². The van der Waals surface area contributed by atoms with E-state index in [9.17, 15) is 14.0 Å². The molecule has 0 bridgehead atoms. The lowest BCUT2D eigenvalue weighted by atomic mass is 9.89. The molecule has 9 heteroatoms. The summed E-state index contributed by atoms with van der Waals surface area (Å²) in [6.45, 7) is 1.90. The molecule has 0 saturated carbocycles. The minimum atomic E-state index is -0.460. The first-order chi connectivity index (χ1) is 13.0. The molecule has 7 nitrogen and oxygen atoms in total. The van der Waals surface area contributed by atoms with Gasteiger partial charge in [-0.1, -0.05) is 16.6 Å². The Morgan fingerprint density at radius 1 is 1.33 bits per heavy atom. The number of ether oxygens (including phenoxy) is 1. The Hall–Kier alpha value is -2.39. The smallest absolute Gasteiger partial charge is 0.275 e. The Bertz CT molecular complexity index is 837. The molecule has 0 atom stereocenters. The van der Waals surface area contributed by atoms with Gasteiger partial charge in [-0.15, -0.1) is 5.10 Å². The van der Waals surface area contributed by atoms with E-state index in [1.807, 2.05) is 6.07 Å². The van der Waals surface area contributed by atoms with Crippen LogP contribution < -0.4 is 0 Å². The second-order valence-electron chi connectivity index (χ2n) is 6.93. The highest BCUT2D eigenvalue weighted by Crippen LogP contribution is 2.31. The lowest BCUT2D eigenvalue weighted by Crippen LogP contribution is -2.59. The Kier molecular flexibility index (Phi) is 4.88. The van der Waals surface area contributed by atoms with Gasteiger partial charge in [0.25, 0.3) is 5.91 Å². The van der Waals surface area contributed by atoms with Crippen molar-refractivity contribution in [1.29, 1.82) is 0 Å². The van der Waals surface area contributed by atoms with Gasteiger partial charge < -0.3 is 14.5 Å². The average Bonchev–Trinajstić information content (AvgIpc) is 3.20. The zero-order chi connectivity index (χ0) is 18.9. The van der Waals surface area contributed by atoms with E-state index in [0.29, 0.717) is 44.7 Å². The second kappa shape index (κ2) is 7.32. The van der Waals surface area contributed by atoms with Crippen LogP contribution in [0, 0.1) is 5.82 Å². The number of aromatic nitrogens is 2. The lowest BCUT2D eigenvalue weighted by molar-refractivity contribution is -0.171. The maximum Gasteiger partial charge on any atom is 0.275 e. The molecule has 0 radical (unpaired) electrons. The van der Waals surface area contributed by atoms with Crippen LogP contribution >= 0.6 is 11.5 Å². The highest BCUT2D eigenvalue weighted by Gasteiger charge is 2.43. The van der Waals surface area contributed by atoms with Crippen molar-refractivity contribution in [1.82, 2.24) is 19.4 Å². The van der Waals surface area contributed by atoms with Crippen LogP contribution in [-0.2, 0) is 16.1 Å². The predicted molar refractivity (Wildman–Crippen MR) is 95.5 cm³/mol. The number of nitrogens with zero attached hydrogens (tertiary/aromatic N) is 4. The van der Waals surface area contributed by atoms with Gasteiger partial charge in [-0.2, -0.15) is 0 Å². The molecule has 2 saturated heterocycles. The minimum absolute atomic E-state index is 0.0132. The quantitative estimate of drug-likeness (QED) is 0.798. The SMILES string of the molecule is O=C1COC2(CCN(C(=O)c3csnn3)CC2)CN1Cc1cccc(F)c1. The van der Waals surface area contributed by atoms with Crippen molar-refractivity contribution in [2.45, 2.75) is 25.0 Å². The van der Waals surface area contributed by atoms with Crippen LogP contribution in [0.15, 0.2) is 29.6 Å². The van der Waals surface area contributed by atoms with Crippen molar-refractivity contribution in [2.75, 3.05) is 26.2 Å². The summed E-state index contributed by atoms with van der Waals surface area (Å²) in [6, 6.07) is 6.28. The Labute approximate surface area is 159 Å². The number of hydrogen-bond donors (Lipinski definition) is 0. The number of halogens is 1. The molecule has 3 heterocycles. The fourth-order valence-electron chi connectivity index (χ4n) is 3.63. The zero-order valence-corrected chi connectivity index (χ0v) is 15.5. The fourth-order valence-corrected chi connectivity index (χ4v) is 4.06. The molecule has 2 aliphatic rings. The van der Waals surface area contributed by atoms with E-state index in [4.69, 9.17) is 4.74 Å². The molecule has 1 aromatic heterocycles. The number of hydrogen-bond acceptors (Lipinski definition) is 6. The maximum atomic E-state index is 13.4. The van der Waals surface area contributed by atoms with Crippen molar-refractivity contribution < 1.29 is 18.7 Å². The molecule has 2 aliphatic heterocycles. The van der Waals surface area contributed by atoms with Crippen LogP contribution in [0.4, 0.5) is 4.39 Å². The van der Waals surface area contributed by atoms with Crippen LogP contribution in [0.3, 0.4) is 0 Å². The largest absolute Gasteiger partial charge is 0.363 e. The standard InChI is InChI=1S/C18H19FN4O3S/c19-14-3-1-2-13(8-14)9-23-12-18(26-10-16(23)24)4-6-22(7-5-18)17(25)15-11-27-21-20-15/h1-3,8,11H,4-7,9-10,12H2. The fraction of sp³-hybridized carbons (Fsp3) is 0.444. The zero-order valence-electron chi connectivity index (χ0n) is 14.6. The number of likely N-dealkylation sites (tertiary alicyclic amines) is 1. The van der Waals surface area contributed by atoms with Crippen LogP contribution in [0.5, 0.6) is 0 Å². The molecule has 0 unspecified atom stereocenters.